The van der Waals surface area contributed by atoms with E-state index in [1.165, 1.54) is 35.3 Å². The van der Waals surface area contributed by atoms with Crippen molar-refractivity contribution in [1.82, 2.24) is 40.3 Å². The van der Waals surface area contributed by atoms with E-state index in [4.69, 9.17) is 53.2 Å². The number of carbonyl (C=O) groups excluding carboxylic acids is 2. The van der Waals surface area contributed by atoms with Gasteiger partial charge in [0.2, 0.25) is 11.8 Å². The fourth-order valence-electron chi connectivity index (χ4n) is 7.33. The van der Waals surface area contributed by atoms with Crippen molar-refractivity contribution in [2.45, 2.75) is 26.0 Å². The van der Waals surface area contributed by atoms with Crippen molar-refractivity contribution in [2.75, 3.05) is 55.4 Å². The van der Waals surface area contributed by atoms with Crippen molar-refractivity contribution in [3.63, 3.8) is 0 Å². The van der Waals surface area contributed by atoms with Crippen LogP contribution in [0, 0.1) is 6.20 Å². The smallest absolute Gasteiger partial charge is 0.276 e. The maximum absolute atomic E-state index is 12.5. The third-order valence-corrected chi connectivity index (χ3v) is 13.4. The molecule has 0 aliphatic carbocycles. The van der Waals surface area contributed by atoms with Gasteiger partial charge in [0.25, 0.3) is 11.8 Å². The molecule has 12 rings (SSSR count). The number of carbonyl (C=O) groups is 2. The molecule has 2 amide bonds. The lowest BCUT2D eigenvalue weighted by Crippen LogP contribution is -2.28. The summed E-state index contributed by atoms with van der Waals surface area (Å²) in [4.78, 5) is 46.0. The number of hydrogen-bond donors (Lipinski definition) is 2. The van der Waals surface area contributed by atoms with Crippen LogP contribution in [0.4, 0.5) is 11.6 Å². The van der Waals surface area contributed by atoms with Gasteiger partial charge in [-0.1, -0.05) is 11.8 Å². The van der Waals surface area contributed by atoms with Gasteiger partial charge in [-0.15, -0.1) is 43.9 Å². The van der Waals surface area contributed by atoms with Crippen molar-refractivity contribution in [3.05, 3.63) is 60.2 Å². The molecule has 2 atom stereocenters. The number of amides is 2. The molecule has 22 heteroatoms. The van der Waals surface area contributed by atoms with Crippen molar-refractivity contribution in [1.29, 1.82) is 0 Å². The molecule has 2 unspecified atom stereocenters. The van der Waals surface area contributed by atoms with Gasteiger partial charge in [0.15, 0.2) is 47.3 Å². The third-order valence-electron chi connectivity index (χ3n) is 10.0. The lowest BCUT2D eigenvalue weighted by atomic mass is 10.0. The number of rotatable bonds is 5. The monoisotopic (exact) mass is 873 g/mol. The summed E-state index contributed by atoms with van der Waals surface area (Å²) >= 11 is 4.26. The zero-order chi connectivity index (χ0) is 40.6. The van der Waals surface area contributed by atoms with E-state index in [0.717, 1.165) is 4.90 Å². The summed E-state index contributed by atoms with van der Waals surface area (Å²) in [5.41, 5.74) is 3.79. The zero-order valence-electron chi connectivity index (χ0n) is 31.1. The van der Waals surface area contributed by atoms with Gasteiger partial charge in [-0.25, -0.2) is 15.0 Å². The van der Waals surface area contributed by atoms with E-state index >= 15 is 0 Å². The maximum atomic E-state index is 12.5. The summed E-state index contributed by atoms with van der Waals surface area (Å²) < 4.78 is 41.8. The van der Waals surface area contributed by atoms with Crippen LogP contribution in [-0.2, 0) is 9.59 Å². The highest BCUT2D eigenvalue weighted by Crippen LogP contribution is 2.58. The fraction of sp³-hybridized carbons (Fsp3) is 0.231. The van der Waals surface area contributed by atoms with Crippen LogP contribution >= 0.6 is 35.3 Å². The van der Waals surface area contributed by atoms with Crippen molar-refractivity contribution < 1.29 is 42.7 Å². The molecule has 0 fully saturated rings. The Hall–Kier alpha value is -6.65. The van der Waals surface area contributed by atoms with Gasteiger partial charge in [-0.3, -0.25) is 14.6 Å². The van der Waals surface area contributed by atoms with Crippen LogP contribution in [0.15, 0.2) is 57.3 Å². The summed E-state index contributed by atoms with van der Waals surface area (Å²) in [6.45, 7) is 1.39. The van der Waals surface area contributed by atoms with Crippen LogP contribution in [0.3, 0.4) is 0 Å². The van der Waals surface area contributed by atoms with E-state index in [1.807, 2.05) is 12.1 Å². The highest BCUT2D eigenvalue weighted by Gasteiger charge is 2.41. The Morgan fingerprint density at radius 3 is 2.43 bits per heavy atom. The predicted molar refractivity (Wildman–Crippen MR) is 216 cm³/mol. The molecule has 303 valence electrons. The Morgan fingerprint density at radius 1 is 0.689 bits per heavy atom. The Morgan fingerprint density at radius 2 is 1.49 bits per heavy atom. The van der Waals surface area contributed by atoms with Gasteiger partial charge in [0.05, 0.1) is 49.0 Å². The molecule has 0 saturated heterocycles. The molecule has 2 N–H and O–H groups in total. The van der Waals surface area contributed by atoms with E-state index in [1.54, 1.807) is 30.5 Å². The van der Waals surface area contributed by atoms with Crippen LogP contribution in [0.1, 0.15) is 22.7 Å². The number of thioether (sulfide) groups is 3. The molecular weight excluding hydrogens is 849 g/mol. The number of ether oxygens (including phenoxy) is 7. The quantitative estimate of drug-likeness (QED) is 0.233. The Bertz CT molecular complexity index is 2870. The second-order valence-corrected chi connectivity index (χ2v) is 16.9. The zero-order valence-corrected chi connectivity index (χ0v) is 33.6. The van der Waals surface area contributed by atoms with Gasteiger partial charge in [0, 0.05) is 23.3 Å². The van der Waals surface area contributed by atoms with Gasteiger partial charge in [-0.05, 0) is 24.3 Å². The molecule has 61 heavy (non-hydrogen) atoms. The lowest BCUT2D eigenvalue weighted by Gasteiger charge is -2.33. The molecule has 1 radical (unpaired) electrons. The Labute approximate surface area is 356 Å². The summed E-state index contributed by atoms with van der Waals surface area (Å²) in [5, 5.41) is 23.5. The Kier molecular flexibility index (Phi) is 8.62. The minimum absolute atomic E-state index is 0.120. The first-order chi connectivity index (χ1) is 30.0. The third kappa shape index (κ3) is 6.31. The van der Waals surface area contributed by atoms with Crippen LogP contribution in [0.5, 0.6) is 40.5 Å². The number of hydrogen-bond acceptors (Lipinski definition) is 20. The van der Waals surface area contributed by atoms with Gasteiger partial charge in [0.1, 0.15) is 61.5 Å². The lowest BCUT2D eigenvalue weighted by molar-refractivity contribution is -0.118. The van der Waals surface area contributed by atoms with Crippen LogP contribution in [0.25, 0.3) is 33.9 Å². The Balaban J connectivity index is 1.03. The minimum Gasteiger partial charge on any atom is -0.486 e. The number of fused-ring (bicyclic) bond motifs is 6. The normalized spacial score (nSPS) is 19.1. The first kappa shape index (κ1) is 36.2. The van der Waals surface area contributed by atoms with Crippen LogP contribution in [-0.4, -0.2) is 96.9 Å². The van der Waals surface area contributed by atoms with E-state index in [9.17, 15) is 9.59 Å². The standard InChI is InChI=1S/C39H25N10O9S3/c50-26-13-56-21-3-1-17(42-36(21)44-26)31-34(18-2-4-25-37(43-18)45-27(51)14-59-25)61-35-28(19-9-23-38(48-46-19)55-8-7-53-23)29(47-49-39(35)58-31)16-11-41-30(32-33(16)60-15-57-32)20-10-22-24(12-40-20)54-6-5-52-22/h1-4,9-10,12,31,34H,5-8,13-15H2,(H,42,44,50)(H,43,45,51). The molecule has 0 saturated carbocycles. The molecular formula is C39H25N10O9S3. The molecule has 12 heterocycles. The van der Waals surface area contributed by atoms with Gasteiger partial charge < -0.3 is 43.8 Å². The second kappa shape index (κ2) is 14.5. The van der Waals surface area contributed by atoms with Gasteiger partial charge >= 0.3 is 0 Å². The molecule has 0 bridgehead atoms. The summed E-state index contributed by atoms with van der Waals surface area (Å²) in [7, 11) is 0. The highest BCUT2D eigenvalue weighted by atomic mass is 32.2. The molecule has 6 aliphatic heterocycles. The van der Waals surface area contributed by atoms with E-state index < -0.39 is 11.4 Å². The van der Waals surface area contributed by atoms with Crippen molar-refractivity contribution >= 4 is 58.7 Å². The van der Waals surface area contributed by atoms with Crippen molar-refractivity contribution in [3.8, 4) is 74.4 Å². The van der Waals surface area contributed by atoms with Crippen molar-refractivity contribution in [2.24, 2.45) is 0 Å². The molecule has 6 aromatic rings. The average Bonchev–Trinajstić information content (AvgIpc) is 3.80. The second-order valence-electron chi connectivity index (χ2n) is 13.8. The maximum Gasteiger partial charge on any atom is 0.276 e. The number of pyridine rings is 4. The summed E-state index contributed by atoms with van der Waals surface area (Å²) in [6, 6.07) is 10.8. The van der Waals surface area contributed by atoms with E-state index in [2.05, 4.69) is 37.1 Å². The number of nitrogens with one attached hydrogen (secondary N) is 2. The SMILES string of the molecule is O=C1COc2ccc(C3Oc4nnc(-c5[c]nc(-c6cc7c(cn6)OCCO7)c6c5SCO6)c(-c5cc6c(nn5)OCCO6)c4SC3c3ccc4c(n3)NC(=O)CS4)nc2N1. The van der Waals surface area contributed by atoms with Crippen LogP contribution in [0.2, 0.25) is 0 Å². The molecule has 0 spiro atoms. The molecule has 6 aromatic heterocycles. The number of anilines is 2. The molecule has 6 aliphatic rings. The molecule has 0 aromatic carbocycles. The first-order valence-corrected chi connectivity index (χ1v) is 21.6. The summed E-state index contributed by atoms with van der Waals surface area (Å²) in [6.07, 6.45) is 4.01. The predicted octanol–water partition coefficient (Wildman–Crippen LogP) is 4.97. The molecule has 19 nitrogen and oxygen atoms in total. The van der Waals surface area contributed by atoms with E-state index in [-0.39, 0.29) is 41.8 Å². The van der Waals surface area contributed by atoms with Gasteiger partial charge in [-0.2, -0.15) is 0 Å². The number of nitrogens with zero attached hydrogens (tertiary/aromatic N) is 8. The van der Waals surface area contributed by atoms with E-state index in [0.29, 0.717) is 122 Å². The minimum atomic E-state index is -0.822. The fourth-order valence-corrected chi connectivity index (χ4v) is 10.3. The van der Waals surface area contributed by atoms with Crippen LogP contribution < -0.4 is 43.8 Å². The average molecular weight is 874 g/mol. The largest absolute Gasteiger partial charge is 0.486 e. The first-order valence-electron chi connectivity index (χ1n) is 18.7. The number of aromatic nitrogens is 8. The topological polar surface area (TPSA) is 226 Å². The summed E-state index contributed by atoms with van der Waals surface area (Å²) in [5.74, 6) is 3.67. The highest BCUT2D eigenvalue weighted by molar-refractivity contribution is 8.00.